The van der Waals surface area contributed by atoms with Crippen molar-refractivity contribution in [2.45, 2.75) is 19.1 Å². The Morgan fingerprint density at radius 1 is 0.917 bits per heavy atom. The normalized spacial score (nSPS) is 11.3. The van der Waals surface area contributed by atoms with Crippen molar-refractivity contribution in [3.8, 4) is 23.3 Å². The molecular weight excluding hydrogens is 304 g/mol. The molecule has 0 bridgehead atoms. The summed E-state index contributed by atoms with van der Waals surface area (Å²) in [7, 11) is 3.25. The molecule has 0 amide bonds. The second kappa shape index (κ2) is 9.61. The molecule has 4 nitrogen and oxygen atoms in total. The fraction of sp³-hybridized carbons (Fsp3) is 0.300. The fourth-order valence-electron chi connectivity index (χ4n) is 2.07. The van der Waals surface area contributed by atoms with E-state index in [2.05, 4.69) is 11.8 Å². The first-order chi connectivity index (χ1) is 11.7. The van der Waals surface area contributed by atoms with Crippen LogP contribution in [0.15, 0.2) is 48.5 Å². The molecule has 0 aliphatic rings. The van der Waals surface area contributed by atoms with Crippen molar-refractivity contribution in [2.75, 3.05) is 20.8 Å². The van der Waals surface area contributed by atoms with Crippen molar-refractivity contribution in [3.63, 3.8) is 0 Å². The zero-order valence-corrected chi connectivity index (χ0v) is 14.0. The van der Waals surface area contributed by atoms with Crippen LogP contribution in [0.1, 0.15) is 23.7 Å². The second-order valence-corrected chi connectivity index (χ2v) is 5.15. The van der Waals surface area contributed by atoms with Crippen LogP contribution in [0.2, 0.25) is 0 Å². The first kappa shape index (κ1) is 17.9. The molecule has 24 heavy (non-hydrogen) atoms. The van der Waals surface area contributed by atoms with E-state index in [0.717, 1.165) is 22.6 Å². The fourth-order valence-corrected chi connectivity index (χ4v) is 2.07. The first-order valence-corrected chi connectivity index (χ1v) is 7.74. The zero-order chi connectivity index (χ0) is 17.2. The minimum absolute atomic E-state index is 0.522. The zero-order valence-electron chi connectivity index (χ0n) is 14.0. The highest BCUT2D eigenvalue weighted by molar-refractivity contribution is 5.31. The van der Waals surface area contributed by atoms with Crippen LogP contribution in [0.25, 0.3) is 0 Å². The second-order valence-electron chi connectivity index (χ2n) is 5.15. The molecule has 2 aromatic rings. The van der Waals surface area contributed by atoms with Crippen molar-refractivity contribution in [2.24, 2.45) is 0 Å². The number of methoxy groups -OCH3 is 2. The molecular formula is C20H22O4. The van der Waals surface area contributed by atoms with Crippen molar-refractivity contribution < 1.29 is 19.3 Å². The Hall–Kier alpha value is -2.48. The monoisotopic (exact) mass is 326 g/mol. The van der Waals surface area contributed by atoms with E-state index in [1.54, 1.807) is 38.5 Å². The molecule has 0 radical (unpaired) electrons. The van der Waals surface area contributed by atoms with E-state index < -0.39 is 6.10 Å². The molecule has 126 valence electrons. The first-order valence-electron chi connectivity index (χ1n) is 7.74. The smallest absolute Gasteiger partial charge is 0.140 e. The quantitative estimate of drug-likeness (QED) is 0.626. The Balaban J connectivity index is 1.70. The summed E-state index contributed by atoms with van der Waals surface area (Å²) in [5.41, 5.74) is 1.84. The Morgan fingerprint density at radius 2 is 1.50 bits per heavy atom. The van der Waals surface area contributed by atoms with Crippen molar-refractivity contribution in [1.82, 2.24) is 0 Å². The van der Waals surface area contributed by atoms with E-state index >= 15 is 0 Å². The predicted molar refractivity (Wildman–Crippen MR) is 93.0 cm³/mol. The maximum Gasteiger partial charge on any atom is 0.140 e. The number of ether oxygens (including phenoxy) is 3. The number of hydrogen-bond acceptors (Lipinski definition) is 4. The molecule has 0 saturated carbocycles. The van der Waals surface area contributed by atoms with E-state index in [-0.39, 0.29) is 0 Å². The molecule has 1 atom stereocenters. The molecule has 0 spiro atoms. The van der Waals surface area contributed by atoms with Gasteiger partial charge in [-0.25, -0.2) is 0 Å². The topological polar surface area (TPSA) is 47.9 Å². The summed E-state index contributed by atoms with van der Waals surface area (Å²) < 4.78 is 15.8. The van der Waals surface area contributed by atoms with E-state index in [4.69, 9.17) is 14.2 Å². The number of aliphatic hydroxyl groups excluding tert-OH is 1. The van der Waals surface area contributed by atoms with Crippen LogP contribution in [0, 0.1) is 11.8 Å². The van der Waals surface area contributed by atoms with Gasteiger partial charge in [0.25, 0.3) is 0 Å². The van der Waals surface area contributed by atoms with Gasteiger partial charge in [-0.15, -0.1) is 0 Å². The number of hydrogen-bond donors (Lipinski definition) is 1. The van der Waals surface area contributed by atoms with Gasteiger partial charge in [0.2, 0.25) is 0 Å². The van der Waals surface area contributed by atoms with Crippen molar-refractivity contribution >= 4 is 0 Å². The van der Waals surface area contributed by atoms with Crippen molar-refractivity contribution in [3.05, 3.63) is 59.7 Å². The van der Waals surface area contributed by atoms with Gasteiger partial charge < -0.3 is 19.3 Å². The molecule has 1 N–H and O–H groups in total. The van der Waals surface area contributed by atoms with Gasteiger partial charge in [-0.2, -0.15) is 0 Å². The van der Waals surface area contributed by atoms with E-state index in [0.29, 0.717) is 19.6 Å². The molecule has 0 aromatic heterocycles. The van der Waals surface area contributed by atoms with Gasteiger partial charge in [0, 0.05) is 6.42 Å². The molecule has 2 aromatic carbocycles. The highest BCUT2D eigenvalue weighted by atomic mass is 16.5. The lowest BCUT2D eigenvalue weighted by Crippen LogP contribution is -1.96. The molecule has 0 aliphatic carbocycles. The standard InChI is InChI=1S/C20H22O4/c1-22-18-10-6-16(7-11-18)15-24-14-4-3-5-20(21)17-8-12-19(23-2)13-9-17/h6-13,20-21H,4,14-15H2,1-2H3. The van der Waals surface area contributed by atoms with Crippen molar-refractivity contribution in [1.29, 1.82) is 0 Å². The van der Waals surface area contributed by atoms with Crippen LogP contribution in [0.4, 0.5) is 0 Å². The third kappa shape index (κ3) is 5.62. The van der Waals surface area contributed by atoms with Crippen LogP contribution in [0.3, 0.4) is 0 Å². The summed E-state index contributed by atoms with van der Waals surface area (Å²) in [6.45, 7) is 1.06. The highest BCUT2D eigenvalue weighted by Crippen LogP contribution is 2.17. The summed E-state index contributed by atoms with van der Waals surface area (Å²) in [4.78, 5) is 0. The maximum atomic E-state index is 10.0. The number of rotatable bonds is 7. The molecule has 0 heterocycles. The molecule has 0 aliphatic heterocycles. The van der Waals surface area contributed by atoms with Gasteiger partial charge in [-0.05, 0) is 35.4 Å². The lowest BCUT2D eigenvalue weighted by molar-refractivity contribution is 0.126. The number of benzene rings is 2. The molecule has 0 saturated heterocycles. The Morgan fingerprint density at radius 3 is 2.08 bits per heavy atom. The molecule has 2 rings (SSSR count). The van der Waals surface area contributed by atoms with Gasteiger partial charge in [0.15, 0.2) is 0 Å². The lowest BCUT2D eigenvalue weighted by atomic mass is 10.1. The van der Waals surface area contributed by atoms with Gasteiger partial charge >= 0.3 is 0 Å². The molecule has 0 fully saturated rings. The summed E-state index contributed by atoms with van der Waals surface area (Å²) in [6, 6.07) is 15.0. The average molecular weight is 326 g/mol. The van der Waals surface area contributed by atoms with Crippen LogP contribution >= 0.6 is 0 Å². The largest absolute Gasteiger partial charge is 0.497 e. The third-order valence-corrected chi connectivity index (χ3v) is 3.47. The minimum atomic E-state index is -0.794. The Bertz CT molecular complexity index is 666. The minimum Gasteiger partial charge on any atom is -0.497 e. The van der Waals surface area contributed by atoms with Crippen LogP contribution in [0.5, 0.6) is 11.5 Å². The van der Waals surface area contributed by atoms with Crippen LogP contribution in [-0.2, 0) is 11.3 Å². The Kier molecular flexibility index (Phi) is 7.16. The lowest BCUT2D eigenvalue weighted by Gasteiger charge is -2.05. The molecule has 4 heteroatoms. The van der Waals surface area contributed by atoms with Gasteiger partial charge in [0.1, 0.15) is 17.6 Å². The van der Waals surface area contributed by atoms with Crippen LogP contribution in [-0.4, -0.2) is 25.9 Å². The molecule has 1 unspecified atom stereocenters. The number of aliphatic hydroxyl groups is 1. The third-order valence-electron chi connectivity index (χ3n) is 3.47. The highest BCUT2D eigenvalue weighted by Gasteiger charge is 2.03. The van der Waals surface area contributed by atoms with Gasteiger partial charge in [0.05, 0.1) is 27.4 Å². The summed E-state index contributed by atoms with van der Waals surface area (Å²) >= 11 is 0. The predicted octanol–water partition coefficient (Wildman–Crippen LogP) is 3.35. The van der Waals surface area contributed by atoms with E-state index in [1.807, 2.05) is 24.3 Å². The summed E-state index contributed by atoms with van der Waals surface area (Å²) in [6.07, 6.45) is -0.221. The van der Waals surface area contributed by atoms with Gasteiger partial charge in [-0.1, -0.05) is 36.1 Å². The van der Waals surface area contributed by atoms with Crippen LogP contribution < -0.4 is 9.47 Å². The van der Waals surface area contributed by atoms with E-state index in [9.17, 15) is 5.11 Å². The Labute approximate surface area is 143 Å². The summed E-state index contributed by atoms with van der Waals surface area (Å²) in [5.74, 6) is 7.34. The maximum absolute atomic E-state index is 10.0. The summed E-state index contributed by atoms with van der Waals surface area (Å²) in [5, 5.41) is 10.0. The van der Waals surface area contributed by atoms with Gasteiger partial charge in [-0.3, -0.25) is 0 Å². The SMILES string of the molecule is COc1ccc(COCCC#CC(O)c2ccc(OC)cc2)cc1. The van der Waals surface area contributed by atoms with E-state index in [1.165, 1.54) is 0 Å². The average Bonchev–Trinajstić information content (AvgIpc) is 2.65.